The lowest BCUT2D eigenvalue weighted by molar-refractivity contribution is -0.589. The molecule has 140 valence electrons. The summed E-state index contributed by atoms with van der Waals surface area (Å²) in [5.74, 6) is 2.51. The first-order valence-electron chi connectivity index (χ1n) is 8.87. The maximum Gasteiger partial charge on any atom is 0.237 e. The summed E-state index contributed by atoms with van der Waals surface area (Å²) in [6.07, 6.45) is 4.09. The number of nitrogens with one attached hydrogen (secondary N) is 2. The Bertz CT molecular complexity index is 893. The Labute approximate surface area is 157 Å². The quantitative estimate of drug-likeness (QED) is 0.696. The van der Waals surface area contributed by atoms with Gasteiger partial charge in [0.2, 0.25) is 11.7 Å². The molecule has 0 atom stereocenters. The maximum absolute atomic E-state index is 5.95. The number of aromatic nitrogens is 2. The van der Waals surface area contributed by atoms with Gasteiger partial charge >= 0.3 is 0 Å². The first kappa shape index (κ1) is 17.2. The third kappa shape index (κ3) is 4.13. The van der Waals surface area contributed by atoms with Gasteiger partial charge in [-0.2, -0.15) is 9.68 Å². The highest BCUT2D eigenvalue weighted by Gasteiger charge is 2.35. The lowest BCUT2D eigenvalue weighted by Crippen LogP contribution is -2.21. The predicted octanol–water partition coefficient (Wildman–Crippen LogP) is 2.65. The van der Waals surface area contributed by atoms with Crippen molar-refractivity contribution in [1.29, 1.82) is 0 Å². The molecule has 0 spiro atoms. The number of hydrogen-bond acceptors (Lipinski definition) is 8. The van der Waals surface area contributed by atoms with Crippen molar-refractivity contribution in [2.24, 2.45) is 10.3 Å². The summed E-state index contributed by atoms with van der Waals surface area (Å²) in [4.78, 5) is 8.58. The Morgan fingerprint density at radius 2 is 2.11 bits per heavy atom. The molecule has 2 N–H and O–H groups in total. The fraction of sp³-hybridized carbons (Fsp3) is 0.389. The molecular formula is C18H22N7O2+. The van der Waals surface area contributed by atoms with Crippen LogP contribution in [-0.4, -0.2) is 53.7 Å². The van der Waals surface area contributed by atoms with Crippen molar-refractivity contribution in [3.05, 3.63) is 30.5 Å². The van der Waals surface area contributed by atoms with Crippen LogP contribution in [0.15, 0.2) is 40.8 Å². The second-order valence-electron chi connectivity index (χ2n) is 6.38. The minimum Gasteiger partial charge on any atom is -0.493 e. The molecule has 0 unspecified atom stereocenters. The van der Waals surface area contributed by atoms with Crippen LogP contribution in [0.25, 0.3) is 0 Å². The highest BCUT2D eigenvalue weighted by atomic mass is 16.5. The zero-order valence-electron chi connectivity index (χ0n) is 15.3. The van der Waals surface area contributed by atoms with Crippen molar-refractivity contribution < 1.29 is 14.2 Å². The Balaban J connectivity index is 1.42. The van der Waals surface area contributed by atoms with E-state index < -0.39 is 0 Å². The molecule has 27 heavy (non-hydrogen) atoms. The average Bonchev–Trinajstić information content (AvgIpc) is 3.45. The molecule has 1 aromatic heterocycles. The molecule has 2 aliphatic rings. The highest BCUT2D eigenvalue weighted by Crippen LogP contribution is 2.31. The number of rotatable bonds is 8. The van der Waals surface area contributed by atoms with E-state index in [0.29, 0.717) is 30.1 Å². The molecule has 1 aliphatic heterocycles. The fourth-order valence-electron chi connectivity index (χ4n) is 2.74. The molecule has 9 heteroatoms. The Morgan fingerprint density at radius 1 is 1.22 bits per heavy atom. The molecule has 1 saturated carbocycles. The van der Waals surface area contributed by atoms with Gasteiger partial charge in [-0.05, 0) is 31.0 Å². The molecule has 1 aromatic carbocycles. The Morgan fingerprint density at radius 3 is 2.89 bits per heavy atom. The van der Waals surface area contributed by atoms with Crippen molar-refractivity contribution >= 4 is 23.2 Å². The number of nitrogens with zero attached hydrogens (tertiary/aromatic N) is 5. The Kier molecular flexibility index (Phi) is 4.82. The SMILES string of the molecule is CNc1ccnc(Nc2ccc(OC)c(OCC3=NN=[N+](C4CC4)C3)c2)n1. The molecule has 9 nitrogen and oxygen atoms in total. The van der Waals surface area contributed by atoms with Gasteiger partial charge in [-0.15, -0.1) is 0 Å². The van der Waals surface area contributed by atoms with Gasteiger partial charge in [-0.25, -0.2) is 4.98 Å². The van der Waals surface area contributed by atoms with E-state index in [-0.39, 0.29) is 0 Å². The van der Waals surface area contributed by atoms with Crippen molar-refractivity contribution in [3.63, 3.8) is 0 Å². The van der Waals surface area contributed by atoms with Crippen LogP contribution in [0.3, 0.4) is 0 Å². The monoisotopic (exact) mass is 368 g/mol. The summed E-state index contributed by atoms with van der Waals surface area (Å²) < 4.78 is 13.4. The van der Waals surface area contributed by atoms with E-state index in [0.717, 1.165) is 23.8 Å². The molecule has 1 fully saturated rings. The zero-order chi connectivity index (χ0) is 18.6. The Hall–Kier alpha value is -3.23. The summed E-state index contributed by atoms with van der Waals surface area (Å²) in [5.41, 5.74) is 1.71. The van der Waals surface area contributed by atoms with Crippen LogP contribution in [0.5, 0.6) is 11.5 Å². The van der Waals surface area contributed by atoms with Gasteiger partial charge in [0.1, 0.15) is 17.1 Å². The lowest BCUT2D eigenvalue weighted by Gasteiger charge is -2.12. The molecule has 4 rings (SSSR count). The van der Waals surface area contributed by atoms with E-state index in [2.05, 4.69) is 30.9 Å². The number of anilines is 3. The summed E-state index contributed by atoms with van der Waals surface area (Å²) >= 11 is 0. The van der Waals surface area contributed by atoms with Crippen LogP contribution >= 0.6 is 0 Å². The van der Waals surface area contributed by atoms with Crippen molar-refractivity contribution in [3.8, 4) is 11.5 Å². The van der Waals surface area contributed by atoms with Gasteiger partial charge in [0.15, 0.2) is 24.7 Å². The van der Waals surface area contributed by atoms with Crippen LogP contribution in [0.1, 0.15) is 12.8 Å². The largest absolute Gasteiger partial charge is 0.493 e. The third-order valence-electron chi connectivity index (χ3n) is 4.34. The minimum absolute atomic E-state index is 0.373. The average molecular weight is 368 g/mol. The smallest absolute Gasteiger partial charge is 0.237 e. The fourth-order valence-corrected chi connectivity index (χ4v) is 2.74. The van der Waals surface area contributed by atoms with Crippen LogP contribution in [0.4, 0.5) is 17.5 Å². The van der Waals surface area contributed by atoms with Crippen LogP contribution in [0, 0.1) is 0 Å². The van der Waals surface area contributed by atoms with E-state index in [1.807, 2.05) is 29.9 Å². The molecule has 1 aliphatic carbocycles. The standard InChI is InChI=1S/C18H22N7O2/c1-19-17-7-8-20-18(22-17)21-12-3-6-15(26-2)16(9-12)27-11-13-10-25(24-23-13)14-4-5-14/h3,6-9,14H,4-5,10-11H2,1-2H3,(H2,19,20,21,22)/q+1. The second-order valence-corrected chi connectivity index (χ2v) is 6.38. The molecule has 2 heterocycles. The summed E-state index contributed by atoms with van der Waals surface area (Å²) in [6, 6.07) is 7.95. The molecule has 0 saturated heterocycles. The molecule has 0 amide bonds. The number of methoxy groups -OCH3 is 1. The van der Waals surface area contributed by atoms with Crippen LogP contribution in [-0.2, 0) is 0 Å². The van der Waals surface area contributed by atoms with E-state index in [1.54, 1.807) is 19.4 Å². The van der Waals surface area contributed by atoms with E-state index in [1.165, 1.54) is 12.8 Å². The molecular weight excluding hydrogens is 346 g/mol. The minimum atomic E-state index is 0.373. The van der Waals surface area contributed by atoms with Gasteiger partial charge in [0, 0.05) is 25.0 Å². The van der Waals surface area contributed by atoms with Crippen LogP contribution < -0.4 is 20.1 Å². The summed E-state index contributed by atoms with van der Waals surface area (Å²) in [6.45, 7) is 1.11. The van der Waals surface area contributed by atoms with Crippen LogP contribution in [0.2, 0.25) is 0 Å². The first-order chi connectivity index (χ1) is 13.2. The lowest BCUT2D eigenvalue weighted by atomic mass is 10.2. The van der Waals surface area contributed by atoms with Gasteiger partial charge in [-0.3, -0.25) is 0 Å². The first-order valence-corrected chi connectivity index (χ1v) is 8.87. The summed E-state index contributed by atoms with van der Waals surface area (Å²) in [7, 11) is 3.43. The van der Waals surface area contributed by atoms with Crippen molar-refractivity contribution in [1.82, 2.24) is 9.97 Å². The third-order valence-corrected chi connectivity index (χ3v) is 4.34. The highest BCUT2D eigenvalue weighted by molar-refractivity contribution is 5.87. The van der Waals surface area contributed by atoms with Gasteiger partial charge in [-0.1, -0.05) is 0 Å². The van der Waals surface area contributed by atoms with Crippen molar-refractivity contribution in [2.45, 2.75) is 18.9 Å². The molecule has 2 aromatic rings. The number of benzene rings is 1. The molecule has 0 radical (unpaired) electrons. The van der Waals surface area contributed by atoms with Gasteiger partial charge in [0.25, 0.3) is 0 Å². The van der Waals surface area contributed by atoms with Gasteiger partial charge < -0.3 is 20.1 Å². The maximum atomic E-state index is 5.95. The van der Waals surface area contributed by atoms with E-state index in [9.17, 15) is 0 Å². The summed E-state index contributed by atoms with van der Waals surface area (Å²) in [5, 5.41) is 14.6. The van der Waals surface area contributed by atoms with E-state index >= 15 is 0 Å². The predicted molar refractivity (Wildman–Crippen MR) is 101 cm³/mol. The topological polar surface area (TPSA) is 96.0 Å². The zero-order valence-corrected chi connectivity index (χ0v) is 15.3. The van der Waals surface area contributed by atoms with Crippen molar-refractivity contribution in [2.75, 3.05) is 37.9 Å². The number of hydrogen-bond donors (Lipinski definition) is 2. The normalized spacial score (nSPS) is 15.8. The van der Waals surface area contributed by atoms with E-state index in [4.69, 9.17) is 9.47 Å². The van der Waals surface area contributed by atoms with Gasteiger partial charge in [0.05, 0.1) is 12.2 Å². The second kappa shape index (κ2) is 7.56. The molecule has 0 bridgehead atoms. The number of ether oxygens (including phenoxy) is 2.